The van der Waals surface area contributed by atoms with Crippen LogP contribution in [0.5, 0.6) is 0 Å². The number of nitrogens with zero attached hydrogens (tertiary/aromatic N) is 4. The summed E-state index contributed by atoms with van der Waals surface area (Å²) in [6.45, 7) is 0. The average Bonchev–Trinajstić information content (AvgIpc) is 2.71. The molecule has 0 fully saturated rings. The molecule has 17 heavy (non-hydrogen) atoms. The molecule has 1 N–H and O–H groups in total. The first-order valence-corrected chi connectivity index (χ1v) is 5.91. The second kappa shape index (κ2) is 4.05. The molecule has 0 spiro atoms. The predicted molar refractivity (Wildman–Crippen MR) is 67.6 cm³/mol. The van der Waals surface area contributed by atoms with E-state index >= 15 is 0 Å². The van der Waals surface area contributed by atoms with Gasteiger partial charge in [-0.15, -0.1) is 0 Å². The Kier molecular flexibility index (Phi) is 2.53. The summed E-state index contributed by atoms with van der Waals surface area (Å²) < 4.78 is 0.751. The maximum Gasteiger partial charge on any atom is 0.224 e. The molecule has 5 nitrogen and oxygen atoms in total. The van der Waals surface area contributed by atoms with Crippen LogP contribution in [0, 0.1) is 0 Å². The van der Waals surface area contributed by atoms with Gasteiger partial charge in [-0.25, -0.2) is 9.97 Å². The van der Waals surface area contributed by atoms with Gasteiger partial charge in [0.25, 0.3) is 0 Å². The van der Waals surface area contributed by atoms with Gasteiger partial charge in [0.15, 0.2) is 5.65 Å². The standard InChI is InChI=1S/C10H5BrClN5/c11-7-3-1-2-6(14-7)8-5-4-13-10(12)15-9(5)17-16-8/h1-4H,(H,13,15,16,17). The Balaban J connectivity index is 2.24. The Morgan fingerprint density at radius 1 is 1.24 bits per heavy atom. The molecular formula is C10H5BrClN5. The van der Waals surface area contributed by atoms with Crippen LogP contribution in [0.3, 0.4) is 0 Å². The van der Waals surface area contributed by atoms with Gasteiger partial charge in [0.05, 0.1) is 11.1 Å². The third-order valence-corrected chi connectivity index (χ3v) is 2.87. The van der Waals surface area contributed by atoms with Crippen LogP contribution in [0.2, 0.25) is 5.28 Å². The summed E-state index contributed by atoms with van der Waals surface area (Å²) in [5.74, 6) is 0. The van der Waals surface area contributed by atoms with Crippen LogP contribution < -0.4 is 0 Å². The Morgan fingerprint density at radius 2 is 2.12 bits per heavy atom. The first kappa shape index (κ1) is 10.6. The Hall–Kier alpha value is -1.53. The van der Waals surface area contributed by atoms with Crippen LogP contribution in [-0.4, -0.2) is 25.1 Å². The normalized spacial score (nSPS) is 10.9. The molecule has 0 saturated carbocycles. The molecule has 3 aromatic rings. The van der Waals surface area contributed by atoms with Crippen molar-refractivity contribution in [1.29, 1.82) is 0 Å². The fraction of sp³-hybridized carbons (Fsp3) is 0. The second-order valence-corrected chi connectivity index (χ2v) is 4.47. The minimum Gasteiger partial charge on any atom is -0.260 e. The molecular weight excluding hydrogens is 306 g/mol. The molecule has 0 aliphatic heterocycles. The lowest BCUT2D eigenvalue weighted by atomic mass is 10.2. The lowest BCUT2D eigenvalue weighted by Crippen LogP contribution is -1.85. The number of aromatic nitrogens is 5. The molecule has 0 bridgehead atoms. The second-order valence-electron chi connectivity index (χ2n) is 3.32. The van der Waals surface area contributed by atoms with Crippen LogP contribution in [0.1, 0.15) is 0 Å². The van der Waals surface area contributed by atoms with E-state index in [1.165, 1.54) is 0 Å². The molecule has 0 aromatic carbocycles. The first-order valence-electron chi connectivity index (χ1n) is 4.73. The molecule has 0 atom stereocenters. The molecule has 0 saturated heterocycles. The number of rotatable bonds is 1. The molecule has 3 heterocycles. The van der Waals surface area contributed by atoms with Gasteiger partial charge in [-0.3, -0.25) is 5.10 Å². The zero-order valence-electron chi connectivity index (χ0n) is 8.35. The van der Waals surface area contributed by atoms with Crippen molar-refractivity contribution < 1.29 is 0 Å². The zero-order valence-corrected chi connectivity index (χ0v) is 10.7. The molecule has 84 valence electrons. The van der Waals surface area contributed by atoms with E-state index in [4.69, 9.17) is 11.6 Å². The Labute approximate surface area is 109 Å². The van der Waals surface area contributed by atoms with Gasteiger partial charge < -0.3 is 0 Å². The van der Waals surface area contributed by atoms with Gasteiger partial charge in [0, 0.05) is 6.20 Å². The summed E-state index contributed by atoms with van der Waals surface area (Å²) in [4.78, 5) is 12.3. The van der Waals surface area contributed by atoms with Crippen LogP contribution in [0.4, 0.5) is 0 Å². The van der Waals surface area contributed by atoms with Crippen molar-refractivity contribution in [2.24, 2.45) is 0 Å². The number of halogens is 2. The van der Waals surface area contributed by atoms with E-state index in [0.717, 1.165) is 15.7 Å². The fourth-order valence-electron chi connectivity index (χ4n) is 1.52. The molecule has 3 rings (SSSR count). The van der Waals surface area contributed by atoms with Crippen molar-refractivity contribution in [3.63, 3.8) is 0 Å². The van der Waals surface area contributed by atoms with Crippen molar-refractivity contribution in [1.82, 2.24) is 25.1 Å². The van der Waals surface area contributed by atoms with Gasteiger partial charge in [-0.2, -0.15) is 10.1 Å². The van der Waals surface area contributed by atoms with Gasteiger partial charge >= 0.3 is 0 Å². The van der Waals surface area contributed by atoms with Crippen LogP contribution >= 0.6 is 27.5 Å². The maximum atomic E-state index is 5.71. The molecule has 0 radical (unpaired) electrons. The highest BCUT2D eigenvalue weighted by Crippen LogP contribution is 2.24. The average molecular weight is 311 g/mol. The van der Waals surface area contributed by atoms with Crippen molar-refractivity contribution in [3.05, 3.63) is 34.3 Å². The third kappa shape index (κ3) is 1.89. The van der Waals surface area contributed by atoms with E-state index in [0.29, 0.717) is 11.3 Å². The Morgan fingerprint density at radius 3 is 2.94 bits per heavy atom. The Bertz CT molecular complexity index is 696. The zero-order chi connectivity index (χ0) is 11.8. The van der Waals surface area contributed by atoms with Crippen LogP contribution in [0.15, 0.2) is 29.0 Å². The topological polar surface area (TPSA) is 67.3 Å². The lowest BCUT2D eigenvalue weighted by molar-refractivity contribution is 1.08. The maximum absolute atomic E-state index is 5.71. The summed E-state index contributed by atoms with van der Waals surface area (Å²) in [6.07, 6.45) is 1.63. The molecule has 0 aliphatic rings. The van der Waals surface area contributed by atoms with E-state index in [-0.39, 0.29) is 5.28 Å². The minimum absolute atomic E-state index is 0.190. The smallest absolute Gasteiger partial charge is 0.224 e. The monoisotopic (exact) mass is 309 g/mol. The van der Waals surface area contributed by atoms with Gasteiger partial charge in [-0.05, 0) is 39.7 Å². The summed E-state index contributed by atoms with van der Waals surface area (Å²) in [5.41, 5.74) is 2.05. The fourth-order valence-corrected chi connectivity index (χ4v) is 2.00. The van der Waals surface area contributed by atoms with Crippen molar-refractivity contribution in [2.45, 2.75) is 0 Å². The highest BCUT2D eigenvalue weighted by Gasteiger charge is 2.11. The van der Waals surface area contributed by atoms with Crippen molar-refractivity contribution in [2.75, 3.05) is 0 Å². The van der Waals surface area contributed by atoms with Crippen molar-refractivity contribution in [3.8, 4) is 11.4 Å². The van der Waals surface area contributed by atoms with E-state index in [2.05, 4.69) is 41.1 Å². The molecule has 3 aromatic heterocycles. The summed E-state index contributed by atoms with van der Waals surface area (Å²) in [6, 6.07) is 5.62. The summed E-state index contributed by atoms with van der Waals surface area (Å²) in [5, 5.41) is 7.97. The summed E-state index contributed by atoms with van der Waals surface area (Å²) >= 11 is 9.03. The van der Waals surface area contributed by atoms with E-state index in [1.54, 1.807) is 6.20 Å². The summed E-state index contributed by atoms with van der Waals surface area (Å²) in [7, 11) is 0. The number of nitrogens with one attached hydrogen (secondary N) is 1. The van der Waals surface area contributed by atoms with E-state index < -0.39 is 0 Å². The minimum atomic E-state index is 0.190. The molecule has 0 unspecified atom stereocenters. The predicted octanol–water partition coefficient (Wildman–Crippen LogP) is 2.83. The number of hydrogen-bond acceptors (Lipinski definition) is 4. The number of aromatic amines is 1. The van der Waals surface area contributed by atoms with Crippen molar-refractivity contribution >= 4 is 38.6 Å². The largest absolute Gasteiger partial charge is 0.260 e. The van der Waals surface area contributed by atoms with Gasteiger partial charge in [0.1, 0.15) is 10.3 Å². The highest BCUT2D eigenvalue weighted by molar-refractivity contribution is 9.10. The quantitative estimate of drug-likeness (QED) is 0.554. The number of H-pyrrole nitrogens is 1. The first-order chi connectivity index (χ1) is 8.24. The number of pyridine rings is 1. The molecule has 0 aliphatic carbocycles. The SMILES string of the molecule is Clc1ncc2c(-c3cccc(Br)n3)n[nH]c2n1. The van der Waals surface area contributed by atoms with Crippen LogP contribution in [-0.2, 0) is 0 Å². The van der Waals surface area contributed by atoms with Gasteiger partial charge in [0.2, 0.25) is 5.28 Å². The van der Waals surface area contributed by atoms with E-state index in [1.807, 2.05) is 18.2 Å². The number of fused-ring (bicyclic) bond motifs is 1. The van der Waals surface area contributed by atoms with Gasteiger partial charge in [-0.1, -0.05) is 6.07 Å². The lowest BCUT2D eigenvalue weighted by Gasteiger charge is -1.97. The molecule has 0 amide bonds. The van der Waals surface area contributed by atoms with E-state index in [9.17, 15) is 0 Å². The third-order valence-electron chi connectivity index (χ3n) is 2.25. The van der Waals surface area contributed by atoms with Crippen LogP contribution in [0.25, 0.3) is 22.4 Å². The highest BCUT2D eigenvalue weighted by atomic mass is 79.9. The number of hydrogen-bond donors (Lipinski definition) is 1. The molecule has 7 heteroatoms.